The number of nitrogens with zero attached hydrogens (tertiary/aromatic N) is 1. The Morgan fingerprint density at radius 2 is 1.71 bits per heavy atom. The summed E-state index contributed by atoms with van der Waals surface area (Å²) in [6.07, 6.45) is 0. The fourth-order valence-electron chi connectivity index (χ4n) is 4.89. The van der Waals surface area contributed by atoms with E-state index in [4.69, 9.17) is 9.47 Å². The van der Waals surface area contributed by atoms with Gasteiger partial charge in [-0.3, -0.25) is 4.79 Å². The summed E-state index contributed by atoms with van der Waals surface area (Å²) in [5, 5.41) is 2.04. The molecule has 0 bridgehead atoms. The smallest absolute Gasteiger partial charge is 0.338 e. The highest BCUT2D eigenvalue weighted by Crippen LogP contribution is 2.49. The predicted octanol–water partition coefficient (Wildman–Crippen LogP) is 4.25. The lowest BCUT2D eigenvalue weighted by atomic mass is 9.85. The summed E-state index contributed by atoms with van der Waals surface area (Å²) in [5.74, 6) is 0.450. The monoisotopic (exact) mass is 477 g/mol. The van der Waals surface area contributed by atoms with Gasteiger partial charge in [-0.15, -0.1) is 11.3 Å². The van der Waals surface area contributed by atoms with Crippen molar-refractivity contribution in [2.75, 3.05) is 18.1 Å². The number of rotatable bonds is 7. The van der Waals surface area contributed by atoms with Crippen LogP contribution >= 0.6 is 11.3 Å². The maximum atomic E-state index is 13.6. The zero-order valence-electron chi connectivity index (χ0n) is 19.1. The van der Waals surface area contributed by atoms with Crippen LogP contribution in [0.5, 0.6) is 5.75 Å². The van der Waals surface area contributed by atoms with E-state index in [2.05, 4.69) is 29.1 Å². The van der Waals surface area contributed by atoms with Crippen molar-refractivity contribution in [3.63, 3.8) is 0 Å². The molecular weight excluding hydrogens is 450 g/mol. The molecule has 34 heavy (non-hydrogen) atoms. The maximum Gasteiger partial charge on any atom is 0.338 e. The van der Waals surface area contributed by atoms with E-state index in [1.165, 1.54) is 0 Å². The van der Waals surface area contributed by atoms with Crippen molar-refractivity contribution in [2.45, 2.75) is 32.0 Å². The molecule has 8 heteroatoms. The fourth-order valence-corrected chi connectivity index (χ4v) is 5.77. The van der Waals surface area contributed by atoms with Gasteiger partial charge >= 0.3 is 5.97 Å². The number of nitrogens with one attached hydrogen (secondary N) is 2. The molecule has 1 amide bonds. The van der Waals surface area contributed by atoms with Gasteiger partial charge in [-0.2, -0.15) is 0 Å². The van der Waals surface area contributed by atoms with E-state index in [9.17, 15) is 9.59 Å². The SMILES string of the molecule is CCOC(=O)c1ccc(N2C(=O)C3NNC(c4ccc(OCC)cc4)C3C2c2cccs2)cc1. The number of hydrogen-bond acceptors (Lipinski definition) is 7. The molecule has 0 spiro atoms. The summed E-state index contributed by atoms with van der Waals surface area (Å²) in [6.45, 7) is 4.68. The first-order chi connectivity index (χ1) is 16.6. The molecule has 3 heterocycles. The first kappa shape index (κ1) is 22.6. The third-order valence-electron chi connectivity index (χ3n) is 6.35. The van der Waals surface area contributed by atoms with Crippen LogP contribution in [0, 0.1) is 5.92 Å². The summed E-state index contributed by atoms with van der Waals surface area (Å²) in [4.78, 5) is 28.7. The fraction of sp³-hybridized carbons (Fsp3) is 0.308. The quantitative estimate of drug-likeness (QED) is 0.496. The Hall–Kier alpha value is -3.20. The van der Waals surface area contributed by atoms with Gasteiger partial charge in [-0.25, -0.2) is 15.6 Å². The van der Waals surface area contributed by atoms with Gasteiger partial charge in [0.15, 0.2) is 0 Å². The largest absolute Gasteiger partial charge is 0.494 e. The molecule has 176 valence electrons. The van der Waals surface area contributed by atoms with Gasteiger partial charge in [-0.05, 0) is 67.3 Å². The van der Waals surface area contributed by atoms with Crippen molar-refractivity contribution in [1.29, 1.82) is 0 Å². The summed E-state index contributed by atoms with van der Waals surface area (Å²) in [7, 11) is 0. The second-order valence-electron chi connectivity index (χ2n) is 8.26. The third-order valence-corrected chi connectivity index (χ3v) is 7.29. The molecule has 2 fully saturated rings. The van der Waals surface area contributed by atoms with Crippen LogP contribution < -0.4 is 20.5 Å². The molecule has 2 aliphatic heterocycles. The predicted molar refractivity (Wildman–Crippen MR) is 131 cm³/mol. The molecule has 2 saturated heterocycles. The molecule has 4 atom stereocenters. The summed E-state index contributed by atoms with van der Waals surface area (Å²) < 4.78 is 10.7. The first-order valence-corrected chi connectivity index (χ1v) is 12.4. The standard InChI is InChI=1S/C26H27N3O4S/c1-3-32-19-13-9-16(10-14-19)22-21-23(28-27-22)25(30)29(24(21)20-6-5-15-34-20)18-11-7-17(8-12-18)26(31)33-4-2/h5-15,21-24,27-28H,3-4H2,1-2H3. The number of anilines is 1. The van der Waals surface area contributed by atoms with Crippen molar-refractivity contribution in [2.24, 2.45) is 5.92 Å². The molecule has 2 N–H and O–H groups in total. The Labute approximate surface area is 202 Å². The third kappa shape index (κ3) is 3.98. The average Bonchev–Trinajstić information content (AvgIpc) is 3.58. The van der Waals surface area contributed by atoms with Crippen LogP contribution in [0.15, 0.2) is 66.0 Å². The van der Waals surface area contributed by atoms with Crippen LogP contribution in [0.25, 0.3) is 0 Å². The molecule has 0 saturated carbocycles. The molecule has 2 aliphatic rings. The van der Waals surface area contributed by atoms with E-state index in [1.54, 1.807) is 30.4 Å². The summed E-state index contributed by atoms with van der Waals surface area (Å²) >= 11 is 1.65. The van der Waals surface area contributed by atoms with Crippen molar-refractivity contribution < 1.29 is 19.1 Å². The van der Waals surface area contributed by atoms with Crippen molar-refractivity contribution in [3.05, 3.63) is 82.0 Å². The normalized spacial score (nSPS) is 23.7. The molecule has 7 nitrogen and oxygen atoms in total. The maximum absolute atomic E-state index is 13.6. The van der Waals surface area contributed by atoms with Gasteiger partial charge in [0.25, 0.3) is 0 Å². The molecule has 0 aliphatic carbocycles. The molecule has 2 aromatic carbocycles. The summed E-state index contributed by atoms with van der Waals surface area (Å²) in [6, 6.07) is 18.7. The van der Waals surface area contributed by atoms with Gasteiger partial charge in [0.2, 0.25) is 5.91 Å². The second-order valence-corrected chi connectivity index (χ2v) is 9.24. The molecule has 0 radical (unpaired) electrons. The number of hydrogen-bond donors (Lipinski definition) is 2. The number of amides is 1. The van der Waals surface area contributed by atoms with E-state index in [0.717, 1.165) is 21.9 Å². The summed E-state index contributed by atoms with van der Waals surface area (Å²) in [5.41, 5.74) is 8.94. The van der Waals surface area contributed by atoms with Crippen molar-refractivity contribution in [1.82, 2.24) is 10.9 Å². The average molecular weight is 478 g/mol. The number of carbonyl (C=O) groups is 2. The number of fused-ring (bicyclic) bond motifs is 1. The number of carbonyl (C=O) groups excluding carboxylic acids is 2. The van der Waals surface area contributed by atoms with Gasteiger partial charge in [0, 0.05) is 16.5 Å². The minimum absolute atomic E-state index is 0.00761. The number of ether oxygens (including phenoxy) is 2. The molecular formula is C26H27N3O4S. The zero-order valence-corrected chi connectivity index (χ0v) is 19.9. The lowest BCUT2D eigenvalue weighted by Crippen LogP contribution is -2.41. The molecule has 3 aromatic rings. The number of hydrazine groups is 1. The second kappa shape index (κ2) is 9.58. The first-order valence-electron chi connectivity index (χ1n) is 11.5. The molecule has 4 unspecified atom stereocenters. The number of benzene rings is 2. The Bertz CT molecular complexity index is 1150. The van der Waals surface area contributed by atoms with Gasteiger partial charge in [0.05, 0.1) is 30.9 Å². The van der Waals surface area contributed by atoms with Crippen LogP contribution in [0.4, 0.5) is 5.69 Å². The minimum atomic E-state index is -0.367. The van der Waals surface area contributed by atoms with Crippen molar-refractivity contribution in [3.8, 4) is 5.75 Å². The number of esters is 1. The lowest BCUT2D eigenvalue weighted by molar-refractivity contribution is -0.119. The van der Waals surface area contributed by atoms with Crippen LogP contribution in [0.1, 0.15) is 46.7 Å². The van der Waals surface area contributed by atoms with Gasteiger partial charge in [0.1, 0.15) is 11.8 Å². The van der Waals surface area contributed by atoms with Crippen LogP contribution in [-0.2, 0) is 9.53 Å². The van der Waals surface area contributed by atoms with Gasteiger partial charge < -0.3 is 14.4 Å². The Kier molecular flexibility index (Phi) is 6.36. The Morgan fingerprint density at radius 3 is 2.35 bits per heavy atom. The Balaban J connectivity index is 1.49. The van der Waals surface area contributed by atoms with Crippen LogP contribution in [-0.4, -0.2) is 31.1 Å². The van der Waals surface area contributed by atoms with Crippen LogP contribution in [0.2, 0.25) is 0 Å². The van der Waals surface area contributed by atoms with E-state index in [0.29, 0.717) is 18.8 Å². The van der Waals surface area contributed by atoms with Crippen molar-refractivity contribution >= 4 is 28.9 Å². The Morgan fingerprint density at radius 1 is 0.971 bits per heavy atom. The van der Waals surface area contributed by atoms with Gasteiger partial charge in [-0.1, -0.05) is 18.2 Å². The van der Waals surface area contributed by atoms with E-state index >= 15 is 0 Å². The highest BCUT2D eigenvalue weighted by atomic mass is 32.1. The minimum Gasteiger partial charge on any atom is -0.494 e. The zero-order chi connectivity index (χ0) is 23.7. The van der Waals surface area contributed by atoms with E-state index in [-0.39, 0.29) is 35.9 Å². The lowest BCUT2D eigenvalue weighted by Gasteiger charge is -2.30. The van der Waals surface area contributed by atoms with E-state index < -0.39 is 0 Å². The topological polar surface area (TPSA) is 79.9 Å². The highest BCUT2D eigenvalue weighted by molar-refractivity contribution is 7.10. The van der Waals surface area contributed by atoms with E-state index in [1.807, 2.05) is 47.5 Å². The highest BCUT2D eigenvalue weighted by Gasteiger charge is 2.56. The molecule has 1 aromatic heterocycles. The molecule has 5 rings (SSSR count). The van der Waals surface area contributed by atoms with Crippen LogP contribution in [0.3, 0.4) is 0 Å². The number of thiophene rings is 1.